The molecular weight excluding hydrogens is 362 g/mol. The molecule has 1 aliphatic heterocycles. The highest BCUT2D eigenvalue weighted by Gasteiger charge is 2.46. The zero-order valence-electron chi connectivity index (χ0n) is 15.3. The number of aryl methyl sites for hydroxylation is 1. The number of rotatable bonds is 4. The van der Waals surface area contributed by atoms with E-state index in [1.807, 2.05) is 12.1 Å². The first-order valence-corrected chi connectivity index (χ1v) is 8.97. The fraction of sp³-hybridized carbons (Fsp3) is 0.381. The predicted molar refractivity (Wildman–Crippen MR) is 100 cm³/mol. The molecule has 2 aromatic rings. The van der Waals surface area contributed by atoms with Gasteiger partial charge in [0.2, 0.25) is 0 Å². The largest absolute Gasteiger partial charge is 0.394 e. The lowest BCUT2D eigenvalue weighted by molar-refractivity contribution is -0.250. The topological polar surface area (TPSA) is 134 Å². The Morgan fingerprint density at radius 3 is 2.39 bits per heavy atom. The molecule has 0 radical (unpaired) electrons. The lowest BCUT2D eigenvalue weighted by atomic mass is 9.88. The maximum absolute atomic E-state index is 10.8. The molecule has 0 amide bonds. The molecule has 0 aliphatic carbocycles. The van der Waals surface area contributed by atoms with Gasteiger partial charge in [-0.15, -0.1) is 0 Å². The molecule has 1 heterocycles. The van der Waals surface area contributed by atoms with Crippen LogP contribution in [0.1, 0.15) is 22.8 Å². The van der Waals surface area contributed by atoms with Crippen LogP contribution in [-0.2, 0) is 4.74 Å². The highest BCUT2D eigenvalue weighted by atomic mass is 16.6. The minimum atomic E-state index is -1.54. The summed E-state index contributed by atoms with van der Waals surface area (Å²) < 4.78 is 5.45. The van der Waals surface area contributed by atoms with E-state index in [-0.39, 0.29) is 0 Å². The lowest BCUT2D eigenvalue weighted by Crippen LogP contribution is -2.59. The number of nitrogens with zero attached hydrogens (tertiary/aromatic N) is 1. The maximum Gasteiger partial charge on any atom is 0.117 e. The molecule has 3 rings (SSSR count). The summed E-state index contributed by atoms with van der Waals surface area (Å²) in [6.07, 6.45) is -8.09. The Morgan fingerprint density at radius 1 is 1.04 bits per heavy atom. The van der Waals surface area contributed by atoms with Crippen LogP contribution < -0.4 is 0 Å². The maximum atomic E-state index is 10.8. The standard InChI is InChI=1S/C21H23NO6/c1-11-7-14(13-4-2-3-12(8-13)9-22)5-6-15(11)17(24)21-20(27)19(26)18(25)16(10-23)28-21/h2-8,16-21,23-27H,10H2,1H3/t16?,17-,18-,19?,20?,21-/m1/s1. The zero-order chi connectivity index (χ0) is 20.4. The van der Waals surface area contributed by atoms with Gasteiger partial charge >= 0.3 is 0 Å². The Hall–Kier alpha value is -2.31. The molecule has 1 aliphatic rings. The molecule has 7 heteroatoms. The number of hydrogen-bond donors (Lipinski definition) is 5. The van der Waals surface area contributed by atoms with Gasteiger partial charge in [-0.2, -0.15) is 5.26 Å². The van der Waals surface area contributed by atoms with Crippen molar-refractivity contribution >= 4 is 0 Å². The van der Waals surface area contributed by atoms with Crippen molar-refractivity contribution in [2.75, 3.05) is 6.61 Å². The van der Waals surface area contributed by atoms with E-state index in [1.165, 1.54) is 0 Å². The van der Waals surface area contributed by atoms with E-state index in [0.717, 1.165) is 16.7 Å². The Labute approximate surface area is 162 Å². The minimum Gasteiger partial charge on any atom is -0.394 e. The van der Waals surface area contributed by atoms with E-state index < -0.39 is 43.2 Å². The number of hydrogen-bond acceptors (Lipinski definition) is 7. The van der Waals surface area contributed by atoms with Crippen LogP contribution in [0.4, 0.5) is 0 Å². The summed E-state index contributed by atoms with van der Waals surface area (Å²) in [7, 11) is 0. The number of nitriles is 1. The van der Waals surface area contributed by atoms with Crippen LogP contribution in [0, 0.1) is 18.3 Å². The number of benzene rings is 2. The van der Waals surface area contributed by atoms with Crippen LogP contribution in [0.15, 0.2) is 42.5 Å². The molecule has 0 bridgehead atoms. The van der Waals surface area contributed by atoms with Gasteiger partial charge in [0.1, 0.15) is 36.6 Å². The van der Waals surface area contributed by atoms with Crippen LogP contribution in [-0.4, -0.2) is 62.7 Å². The first-order chi connectivity index (χ1) is 13.4. The number of aliphatic hydroxyl groups excluding tert-OH is 5. The molecule has 0 aromatic heterocycles. The van der Waals surface area contributed by atoms with Gasteiger partial charge in [0.15, 0.2) is 0 Å². The van der Waals surface area contributed by atoms with Crippen molar-refractivity contribution in [2.24, 2.45) is 0 Å². The van der Waals surface area contributed by atoms with Gasteiger partial charge in [-0.05, 0) is 41.3 Å². The quantitative estimate of drug-likeness (QED) is 0.515. The van der Waals surface area contributed by atoms with Crippen molar-refractivity contribution in [3.63, 3.8) is 0 Å². The number of ether oxygens (including phenoxy) is 1. The monoisotopic (exact) mass is 385 g/mol. The van der Waals surface area contributed by atoms with E-state index >= 15 is 0 Å². The van der Waals surface area contributed by atoms with Gasteiger partial charge in [0.25, 0.3) is 0 Å². The minimum absolute atomic E-state index is 0.490. The molecule has 5 N–H and O–H groups in total. The second-order valence-corrected chi connectivity index (χ2v) is 7.00. The van der Waals surface area contributed by atoms with Crippen molar-refractivity contribution in [3.8, 4) is 17.2 Å². The van der Waals surface area contributed by atoms with Gasteiger partial charge in [-0.3, -0.25) is 0 Å². The van der Waals surface area contributed by atoms with Gasteiger partial charge in [0.05, 0.1) is 18.2 Å². The number of aliphatic hydroxyl groups is 5. The average molecular weight is 385 g/mol. The molecule has 0 saturated carbocycles. The SMILES string of the molecule is Cc1cc(-c2cccc(C#N)c2)ccc1[C@@H](O)[C@H]1OC(CO)[C@@H](O)C(O)C1O. The first kappa shape index (κ1) is 20.4. The van der Waals surface area contributed by atoms with E-state index in [9.17, 15) is 25.5 Å². The Balaban J connectivity index is 1.88. The molecule has 148 valence electrons. The van der Waals surface area contributed by atoms with Gasteiger partial charge in [0, 0.05) is 0 Å². The third-order valence-corrected chi connectivity index (χ3v) is 5.15. The smallest absolute Gasteiger partial charge is 0.117 e. The summed E-state index contributed by atoms with van der Waals surface area (Å²) in [6, 6.07) is 14.6. The molecule has 7 nitrogen and oxygen atoms in total. The molecular formula is C21H23NO6. The fourth-order valence-electron chi connectivity index (χ4n) is 3.52. The summed E-state index contributed by atoms with van der Waals surface area (Å²) in [5, 5.41) is 59.2. The van der Waals surface area contributed by atoms with Crippen molar-refractivity contribution < 1.29 is 30.3 Å². The van der Waals surface area contributed by atoms with E-state index in [0.29, 0.717) is 11.1 Å². The van der Waals surface area contributed by atoms with Crippen molar-refractivity contribution in [2.45, 2.75) is 43.5 Å². The molecule has 0 spiro atoms. The first-order valence-electron chi connectivity index (χ1n) is 8.97. The van der Waals surface area contributed by atoms with Crippen LogP contribution in [0.5, 0.6) is 0 Å². The zero-order valence-corrected chi connectivity index (χ0v) is 15.3. The van der Waals surface area contributed by atoms with Gasteiger partial charge < -0.3 is 30.3 Å². The van der Waals surface area contributed by atoms with Crippen molar-refractivity contribution in [1.29, 1.82) is 5.26 Å². The summed E-state index contributed by atoms with van der Waals surface area (Å²) >= 11 is 0. The lowest BCUT2D eigenvalue weighted by Gasteiger charge is -2.42. The van der Waals surface area contributed by atoms with Crippen LogP contribution in [0.25, 0.3) is 11.1 Å². The van der Waals surface area contributed by atoms with Gasteiger partial charge in [-0.25, -0.2) is 0 Å². The summed E-state index contributed by atoms with van der Waals surface area (Å²) in [4.78, 5) is 0. The third-order valence-electron chi connectivity index (χ3n) is 5.15. The van der Waals surface area contributed by atoms with E-state index in [2.05, 4.69) is 6.07 Å². The predicted octanol–water partition coefficient (Wildman–Crippen LogP) is 0.409. The van der Waals surface area contributed by atoms with Crippen LogP contribution in [0.2, 0.25) is 0 Å². The van der Waals surface area contributed by atoms with Crippen molar-refractivity contribution in [3.05, 3.63) is 59.2 Å². The molecule has 1 saturated heterocycles. The van der Waals surface area contributed by atoms with E-state index in [4.69, 9.17) is 10.00 Å². The van der Waals surface area contributed by atoms with Gasteiger partial charge in [-0.1, -0.05) is 30.3 Å². The molecule has 3 unspecified atom stereocenters. The molecule has 2 aromatic carbocycles. The second-order valence-electron chi connectivity index (χ2n) is 7.00. The summed E-state index contributed by atoms with van der Waals surface area (Å²) in [5.41, 5.74) is 3.48. The normalized spacial score (nSPS) is 28.5. The Kier molecular flexibility index (Phi) is 6.10. The van der Waals surface area contributed by atoms with Crippen LogP contribution >= 0.6 is 0 Å². The molecule has 1 fully saturated rings. The fourth-order valence-corrected chi connectivity index (χ4v) is 3.52. The van der Waals surface area contributed by atoms with Crippen LogP contribution in [0.3, 0.4) is 0 Å². The highest BCUT2D eigenvalue weighted by molar-refractivity contribution is 5.66. The molecule has 6 atom stereocenters. The Morgan fingerprint density at radius 2 is 1.75 bits per heavy atom. The summed E-state index contributed by atoms with van der Waals surface area (Å²) in [6.45, 7) is 1.24. The summed E-state index contributed by atoms with van der Waals surface area (Å²) in [5.74, 6) is 0. The average Bonchev–Trinajstić information content (AvgIpc) is 2.72. The molecule has 28 heavy (non-hydrogen) atoms. The second kappa shape index (κ2) is 8.37. The third kappa shape index (κ3) is 3.80. The highest BCUT2D eigenvalue weighted by Crippen LogP contribution is 2.33. The Bertz CT molecular complexity index is 877. The van der Waals surface area contributed by atoms with Crippen molar-refractivity contribution in [1.82, 2.24) is 0 Å². The van der Waals surface area contributed by atoms with E-state index in [1.54, 1.807) is 37.3 Å².